The zero-order valence-corrected chi connectivity index (χ0v) is 4.87. The average molecular weight is 143 g/mol. The highest BCUT2D eigenvalue weighted by molar-refractivity contribution is 4.85. The molecule has 0 saturated carbocycles. The summed E-state index contributed by atoms with van der Waals surface area (Å²) in [5.41, 5.74) is 2.15. The molecule has 0 unspecified atom stereocenters. The van der Waals surface area contributed by atoms with Gasteiger partial charge in [0.25, 0.3) is 0 Å². The molecule has 0 aromatic heterocycles. The van der Waals surface area contributed by atoms with E-state index >= 15 is 0 Å². The molecular weight excluding hydrogens is 135 g/mol. The van der Waals surface area contributed by atoms with Crippen LogP contribution < -0.4 is 5.73 Å². The topological polar surface area (TPSA) is 46.2 Å². The predicted molar refractivity (Wildman–Crippen MR) is 25.7 cm³/mol. The number of rotatable bonds is 1. The van der Waals surface area contributed by atoms with E-state index in [2.05, 4.69) is 5.73 Å². The molecule has 56 valence electrons. The highest BCUT2D eigenvalue weighted by Gasteiger charge is 2.47. The third-order valence-electron chi connectivity index (χ3n) is 0.976. The van der Waals surface area contributed by atoms with Crippen molar-refractivity contribution in [2.75, 3.05) is 6.61 Å². The molecular formula is C4H8F3NO. The van der Waals surface area contributed by atoms with Crippen molar-refractivity contribution in [2.24, 2.45) is 5.73 Å². The van der Waals surface area contributed by atoms with Crippen LogP contribution in [0.3, 0.4) is 0 Å². The molecule has 0 heterocycles. The van der Waals surface area contributed by atoms with Crippen LogP contribution in [0.15, 0.2) is 0 Å². The summed E-state index contributed by atoms with van der Waals surface area (Å²) in [4.78, 5) is 0. The van der Waals surface area contributed by atoms with Crippen LogP contribution in [-0.4, -0.2) is 23.4 Å². The number of hydrogen-bond donors (Lipinski definition) is 2. The molecule has 0 aliphatic carbocycles. The summed E-state index contributed by atoms with van der Waals surface area (Å²) >= 11 is 0. The lowest BCUT2D eigenvalue weighted by Gasteiger charge is -2.24. The smallest absolute Gasteiger partial charge is 0.394 e. The molecule has 0 aliphatic rings. The molecule has 0 aromatic carbocycles. The zero-order chi connectivity index (χ0) is 7.71. The number of hydrogen-bond acceptors (Lipinski definition) is 2. The van der Waals surface area contributed by atoms with Gasteiger partial charge in [0.15, 0.2) is 0 Å². The minimum atomic E-state index is -4.53. The Morgan fingerprint density at radius 3 is 1.78 bits per heavy atom. The number of aliphatic hydroxyl groups excluding tert-OH is 1. The minimum Gasteiger partial charge on any atom is -0.394 e. The van der Waals surface area contributed by atoms with Crippen LogP contribution in [0.2, 0.25) is 0 Å². The van der Waals surface area contributed by atoms with Crippen molar-refractivity contribution < 1.29 is 18.3 Å². The lowest BCUT2D eigenvalue weighted by Crippen LogP contribution is -2.53. The lowest BCUT2D eigenvalue weighted by atomic mass is 10.1. The van der Waals surface area contributed by atoms with Crippen molar-refractivity contribution >= 4 is 0 Å². The van der Waals surface area contributed by atoms with Crippen molar-refractivity contribution in [3.63, 3.8) is 0 Å². The Labute approximate surface area is 50.5 Å². The van der Waals surface area contributed by atoms with E-state index in [-0.39, 0.29) is 0 Å². The maximum absolute atomic E-state index is 11.5. The lowest BCUT2D eigenvalue weighted by molar-refractivity contribution is -0.189. The van der Waals surface area contributed by atoms with Gasteiger partial charge in [0.05, 0.1) is 6.61 Å². The van der Waals surface area contributed by atoms with Gasteiger partial charge < -0.3 is 10.8 Å². The number of nitrogens with two attached hydrogens (primary N) is 1. The largest absolute Gasteiger partial charge is 0.408 e. The summed E-state index contributed by atoms with van der Waals surface area (Å²) in [6, 6.07) is 0. The molecule has 0 aliphatic heterocycles. The van der Waals surface area contributed by atoms with Crippen molar-refractivity contribution in [1.82, 2.24) is 0 Å². The maximum Gasteiger partial charge on any atom is 0.408 e. The van der Waals surface area contributed by atoms with Crippen molar-refractivity contribution in [2.45, 2.75) is 18.6 Å². The molecule has 1 atom stereocenters. The molecule has 0 rings (SSSR count). The first kappa shape index (κ1) is 8.71. The molecule has 0 amide bonds. The van der Waals surface area contributed by atoms with Crippen LogP contribution in [0.5, 0.6) is 0 Å². The van der Waals surface area contributed by atoms with E-state index < -0.39 is 18.3 Å². The molecule has 0 bridgehead atoms. The Morgan fingerprint density at radius 2 is 1.78 bits per heavy atom. The molecule has 0 radical (unpaired) electrons. The highest BCUT2D eigenvalue weighted by Crippen LogP contribution is 2.26. The van der Waals surface area contributed by atoms with E-state index in [1.54, 1.807) is 0 Å². The third-order valence-corrected chi connectivity index (χ3v) is 0.976. The number of aliphatic hydroxyl groups is 1. The first-order chi connectivity index (χ1) is 3.81. The Morgan fingerprint density at radius 1 is 1.44 bits per heavy atom. The summed E-state index contributed by atoms with van der Waals surface area (Å²) in [5, 5.41) is 8.08. The average Bonchev–Trinajstić information content (AvgIpc) is 1.64. The zero-order valence-electron chi connectivity index (χ0n) is 4.87. The first-order valence-corrected chi connectivity index (χ1v) is 2.28. The fourth-order valence-corrected chi connectivity index (χ4v) is 0.0896. The summed E-state index contributed by atoms with van der Waals surface area (Å²) < 4.78 is 34.6. The van der Waals surface area contributed by atoms with E-state index in [0.29, 0.717) is 0 Å². The van der Waals surface area contributed by atoms with Gasteiger partial charge >= 0.3 is 6.18 Å². The van der Waals surface area contributed by atoms with Crippen molar-refractivity contribution in [1.29, 1.82) is 0 Å². The van der Waals surface area contributed by atoms with Crippen LogP contribution >= 0.6 is 0 Å². The molecule has 2 nitrogen and oxygen atoms in total. The third kappa shape index (κ3) is 1.83. The molecule has 9 heavy (non-hydrogen) atoms. The second kappa shape index (κ2) is 2.15. The summed E-state index contributed by atoms with van der Waals surface area (Å²) in [7, 11) is 0. The molecule has 0 fully saturated rings. The highest BCUT2D eigenvalue weighted by atomic mass is 19.4. The minimum absolute atomic E-state index is 0.729. The van der Waals surface area contributed by atoms with Gasteiger partial charge in [-0.15, -0.1) is 0 Å². The summed E-state index contributed by atoms with van der Waals surface area (Å²) in [5.74, 6) is 0. The van der Waals surface area contributed by atoms with Gasteiger partial charge in [-0.1, -0.05) is 0 Å². The second-order valence-electron chi connectivity index (χ2n) is 2.07. The quantitative estimate of drug-likeness (QED) is 0.553. The van der Waals surface area contributed by atoms with Crippen LogP contribution in [-0.2, 0) is 0 Å². The van der Waals surface area contributed by atoms with E-state index in [1.807, 2.05) is 0 Å². The van der Waals surface area contributed by atoms with Crippen LogP contribution in [0.4, 0.5) is 13.2 Å². The van der Waals surface area contributed by atoms with Gasteiger partial charge in [-0.05, 0) is 6.92 Å². The first-order valence-electron chi connectivity index (χ1n) is 2.28. The molecule has 0 spiro atoms. The summed E-state index contributed by atoms with van der Waals surface area (Å²) in [6.45, 7) is -0.358. The van der Waals surface area contributed by atoms with E-state index in [9.17, 15) is 13.2 Å². The SMILES string of the molecule is C[C@](N)(CO)C(F)(F)F. The van der Waals surface area contributed by atoms with Crippen LogP contribution in [0.25, 0.3) is 0 Å². The van der Waals surface area contributed by atoms with Gasteiger partial charge in [0.2, 0.25) is 0 Å². The van der Waals surface area contributed by atoms with Gasteiger partial charge in [-0.25, -0.2) is 0 Å². The van der Waals surface area contributed by atoms with E-state index in [1.165, 1.54) is 0 Å². The van der Waals surface area contributed by atoms with Crippen molar-refractivity contribution in [3.05, 3.63) is 0 Å². The summed E-state index contributed by atoms with van der Waals surface area (Å²) in [6.07, 6.45) is -4.53. The maximum atomic E-state index is 11.5. The number of halogens is 3. The number of alkyl halides is 3. The monoisotopic (exact) mass is 143 g/mol. The van der Waals surface area contributed by atoms with Gasteiger partial charge in [0, 0.05) is 0 Å². The van der Waals surface area contributed by atoms with Gasteiger partial charge in [-0.3, -0.25) is 0 Å². The fourth-order valence-electron chi connectivity index (χ4n) is 0.0896. The predicted octanol–water partition coefficient (Wildman–Crippen LogP) is 0.258. The molecule has 0 saturated heterocycles. The Kier molecular flexibility index (Phi) is 2.08. The van der Waals surface area contributed by atoms with Crippen molar-refractivity contribution in [3.8, 4) is 0 Å². The molecule has 5 heteroatoms. The van der Waals surface area contributed by atoms with Crippen LogP contribution in [0.1, 0.15) is 6.92 Å². The van der Waals surface area contributed by atoms with Gasteiger partial charge in [0.1, 0.15) is 5.54 Å². The van der Waals surface area contributed by atoms with Gasteiger partial charge in [-0.2, -0.15) is 13.2 Å². The normalized spacial score (nSPS) is 19.3. The molecule has 0 aromatic rings. The fraction of sp³-hybridized carbons (Fsp3) is 1.00. The Bertz CT molecular complexity index is 98.5. The Hall–Kier alpha value is -0.290. The van der Waals surface area contributed by atoms with Crippen LogP contribution in [0, 0.1) is 0 Å². The second-order valence-corrected chi connectivity index (χ2v) is 2.07. The standard InChI is InChI=1S/C4H8F3NO/c1-3(8,2-9)4(5,6)7/h9H,2,8H2,1H3/t3-/m0/s1. The van der Waals surface area contributed by atoms with E-state index in [4.69, 9.17) is 5.11 Å². The Balaban J connectivity index is 4.14. The molecule has 3 N–H and O–H groups in total. The van der Waals surface area contributed by atoms with E-state index in [0.717, 1.165) is 6.92 Å².